The highest BCUT2D eigenvalue weighted by Gasteiger charge is 2.12. The zero-order valence-corrected chi connectivity index (χ0v) is 15.8. The number of rotatable bonds is 6. The second kappa shape index (κ2) is 7.75. The fraction of sp³-hybridized carbons (Fsp3) is 0.238. The molecule has 3 aromatic rings. The number of aromatic nitrogens is 1. The number of methoxy groups -OCH3 is 2. The molecule has 134 valence electrons. The van der Waals surface area contributed by atoms with Gasteiger partial charge in [-0.1, -0.05) is 41.4 Å². The lowest BCUT2D eigenvalue weighted by Gasteiger charge is -2.11. The molecule has 0 radical (unpaired) electrons. The Labute approximate surface area is 157 Å². The molecule has 1 heterocycles. The van der Waals surface area contributed by atoms with Gasteiger partial charge in [0.15, 0.2) is 17.3 Å². The normalized spacial score (nSPS) is 10.8. The Kier molecular flexibility index (Phi) is 5.43. The van der Waals surface area contributed by atoms with E-state index in [2.05, 4.69) is 4.98 Å². The van der Waals surface area contributed by atoms with Crippen LogP contribution in [0.2, 0.25) is 5.02 Å². The Morgan fingerprint density at radius 1 is 1.04 bits per heavy atom. The smallest absolute Gasteiger partial charge is 0.163 e. The first-order valence-electron chi connectivity index (χ1n) is 8.33. The van der Waals surface area contributed by atoms with Crippen molar-refractivity contribution in [3.63, 3.8) is 0 Å². The van der Waals surface area contributed by atoms with Crippen LogP contribution in [0.3, 0.4) is 0 Å². The summed E-state index contributed by atoms with van der Waals surface area (Å²) in [5.74, 6) is 1.29. The molecule has 26 heavy (non-hydrogen) atoms. The Morgan fingerprint density at radius 2 is 1.69 bits per heavy atom. The van der Waals surface area contributed by atoms with Gasteiger partial charge in [0, 0.05) is 29.1 Å². The Hall–Kier alpha value is -2.59. The van der Waals surface area contributed by atoms with E-state index < -0.39 is 0 Å². The van der Waals surface area contributed by atoms with Gasteiger partial charge in [0.2, 0.25) is 0 Å². The standard InChI is InChI=1S/C21H20ClNO3/c1-13-4-6-14(7-5-13)19(24)9-8-15-10-17(22)16-11-20(25-2)21(26-3)12-18(16)23-15/h4-7,10-12H,8-9H2,1-3H3. The molecule has 0 bridgehead atoms. The molecule has 0 aliphatic carbocycles. The molecule has 2 aromatic carbocycles. The topological polar surface area (TPSA) is 48.4 Å². The van der Waals surface area contributed by atoms with E-state index in [1.54, 1.807) is 26.4 Å². The van der Waals surface area contributed by atoms with Crippen LogP contribution in [0.1, 0.15) is 28.0 Å². The molecule has 0 aliphatic heterocycles. The predicted molar refractivity (Wildman–Crippen MR) is 104 cm³/mol. The number of carbonyl (C=O) groups is 1. The first-order valence-corrected chi connectivity index (χ1v) is 8.70. The van der Waals surface area contributed by atoms with Gasteiger partial charge in [-0.05, 0) is 25.5 Å². The number of aryl methyl sites for hydroxylation is 2. The summed E-state index contributed by atoms with van der Waals surface area (Å²) in [5, 5.41) is 1.37. The quantitative estimate of drug-likeness (QED) is 0.572. The van der Waals surface area contributed by atoms with E-state index in [-0.39, 0.29) is 5.78 Å². The lowest BCUT2D eigenvalue weighted by Crippen LogP contribution is -2.02. The number of ketones is 1. The summed E-state index contributed by atoms with van der Waals surface area (Å²) in [6, 6.07) is 13.0. The van der Waals surface area contributed by atoms with E-state index in [1.807, 2.05) is 37.3 Å². The maximum absolute atomic E-state index is 12.4. The number of ether oxygens (including phenoxy) is 2. The SMILES string of the molecule is COc1cc2nc(CCC(=O)c3ccc(C)cc3)cc(Cl)c2cc1OC. The fourth-order valence-electron chi connectivity index (χ4n) is 2.82. The summed E-state index contributed by atoms with van der Waals surface area (Å²) in [6.07, 6.45) is 0.905. The van der Waals surface area contributed by atoms with Crippen molar-refractivity contribution in [1.29, 1.82) is 0 Å². The summed E-state index contributed by atoms with van der Waals surface area (Å²) in [5.41, 5.74) is 3.34. The van der Waals surface area contributed by atoms with Crippen LogP contribution in [0.25, 0.3) is 10.9 Å². The summed E-state index contributed by atoms with van der Waals surface area (Å²) >= 11 is 6.42. The number of Topliss-reactive ketones (excluding diaryl/α,β-unsaturated/α-hetero) is 1. The van der Waals surface area contributed by atoms with Gasteiger partial charge in [0.05, 0.1) is 24.8 Å². The number of halogens is 1. The van der Waals surface area contributed by atoms with E-state index in [1.165, 1.54) is 0 Å². The number of fused-ring (bicyclic) bond motifs is 1. The molecule has 4 nitrogen and oxygen atoms in total. The fourth-order valence-corrected chi connectivity index (χ4v) is 3.09. The number of nitrogens with zero attached hydrogens (tertiary/aromatic N) is 1. The lowest BCUT2D eigenvalue weighted by molar-refractivity contribution is 0.0982. The molecule has 1 aromatic heterocycles. The summed E-state index contributed by atoms with van der Waals surface area (Å²) < 4.78 is 10.6. The van der Waals surface area contributed by atoms with Crippen molar-refractivity contribution in [3.05, 3.63) is 64.3 Å². The molecule has 0 saturated heterocycles. The second-order valence-corrected chi connectivity index (χ2v) is 6.52. The Morgan fingerprint density at radius 3 is 2.35 bits per heavy atom. The third-order valence-corrected chi connectivity index (χ3v) is 4.61. The molecule has 0 fully saturated rings. The Balaban J connectivity index is 1.84. The molecule has 0 N–H and O–H groups in total. The van der Waals surface area contributed by atoms with Crippen molar-refractivity contribution in [3.8, 4) is 11.5 Å². The van der Waals surface area contributed by atoms with Crippen molar-refractivity contribution in [2.75, 3.05) is 14.2 Å². The van der Waals surface area contributed by atoms with Crippen LogP contribution < -0.4 is 9.47 Å². The van der Waals surface area contributed by atoms with Gasteiger partial charge in [0.25, 0.3) is 0 Å². The van der Waals surface area contributed by atoms with Gasteiger partial charge < -0.3 is 9.47 Å². The first-order chi connectivity index (χ1) is 12.5. The van der Waals surface area contributed by atoms with E-state index in [4.69, 9.17) is 21.1 Å². The van der Waals surface area contributed by atoms with E-state index in [9.17, 15) is 4.79 Å². The summed E-state index contributed by atoms with van der Waals surface area (Å²) in [4.78, 5) is 17.0. The summed E-state index contributed by atoms with van der Waals surface area (Å²) in [6.45, 7) is 2.00. The van der Waals surface area contributed by atoms with E-state index in [0.29, 0.717) is 40.4 Å². The zero-order valence-electron chi connectivity index (χ0n) is 15.0. The average Bonchev–Trinajstić information content (AvgIpc) is 2.65. The summed E-state index contributed by atoms with van der Waals surface area (Å²) in [7, 11) is 3.16. The van der Waals surface area contributed by atoms with Crippen molar-refractivity contribution in [2.45, 2.75) is 19.8 Å². The van der Waals surface area contributed by atoms with Crippen LogP contribution in [-0.4, -0.2) is 25.0 Å². The predicted octanol–water partition coefficient (Wildman–Crippen LogP) is 5.03. The number of carbonyl (C=O) groups excluding carboxylic acids is 1. The van der Waals surface area contributed by atoms with Crippen LogP contribution in [-0.2, 0) is 6.42 Å². The molecule has 5 heteroatoms. The average molecular weight is 370 g/mol. The van der Waals surface area contributed by atoms with Gasteiger partial charge in [0.1, 0.15) is 0 Å². The highest BCUT2D eigenvalue weighted by atomic mass is 35.5. The lowest BCUT2D eigenvalue weighted by atomic mass is 10.0. The zero-order chi connectivity index (χ0) is 18.7. The molecule has 3 rings (SSSR count). The third kappa shape index (κ3) is 3.81. The number of benzene rings is 2. The minimum atomic E-state index is 0.0929. The van der Waals surface area contributed by atoms with E-state index >= 15 is 0 Å². The van der Waals surface area contributed by atoms with E-state index in [0.717, 1.165) is 16.6 Å². The van der Waals surface area contributed by atoms with Crippen molar-refractivity contribution in [2.24, 2.45) is 0 Å². The number of hydrogen-bond acceptors (Lipinski definition) is 4. The molecular formula is C21H20ClNO3. The number of pyridine rings is 1. The van der Waals surface area contributed by atoms with Gasteiger partial charge in [-0.2, -0.15) is 0 Å². The van der Waals surface area contributed by atoms with Crippen molar-refractivity contribution in [1.82, 2.24) is 4.98 Å². The largest absolute Gasteiger partial charge is 0.493 e. The first kappa shape index (κ1) is 18.2. The highest BCUT2D eigenvalue weighted by molar-refractivity contribution is 6.35. The molecular weight excluding hydrogens is 350 g/mol. The molecule has 0 amide bonds. The maximum atomic E-state index is 12.4. The molecule has 0 atom stereocenters. The minimum Gasteiger partial charge on any atom is -0.493 e. The molecule has 0 saturated carbocycles. The van der Waals surface area contributed by atoms with Crippen molar-refractivity contribution >= 4 is 28.3 Å². The molecule has 0 aliphatic rings. The van der Waals surface area contributed by atoms with Crippen molar-refractivity contribution < 1.29 is 14.3 Å². The van der Waals surface area contributed by atoms with Gasteiger partial charge in [-0.25, -0.2) is 0 Å². The molecule has 0 spiro atoms. The van der Waals surface area contributed by atoms with Gasteiger partial charge >= 0.3 is 0 Å². The third-order valence-electron chi connectivity index (χ3n) is 4.30. The molecule has 0 unspecified atom stereocenters. The van der Waals surface area contributed by atoms with Crippen LogP contribution in [0.4, 0.5) is 0 Å². The number of hydrogen-bond donors (Lipinski definition) is 0. The highest BCUT2D eigenvalue weighted by Crippen LogP contribution is 2.34. The van der Waals surface area contributed by atoms with Gasteiger partial charge in [-0.15, -0.1) is 0 Å². The minimum absolute atomic E-state index is 0.0929. The van der Waals surface area contributed by atoms with Crippen LogP contribution >= 0.6 is 11.6 Å². The van der Waals surface area contributed by atoms with Crippen LogP contribution in [0.15, 0.2) is 42.5 Å². The monoisotopic (exact) mass is 369 g/mol. The van der Waals surface area contributed by atoms with Crippen LogP contribution in [0, 0.1) is 6.92 Å². The maximum Gasteiger partial charge on any atom is 0.163 e. The Bertz CT molecular complexity index is 952. The second-order valence-electron chi connectivity index (χ2n) is 6.11. The van der Waals surface area contributed by atoms with Crippen LogP contribution in [0.5, 0.6) is 11.5 Å². The van der Waals surface area contributed by atoms with Gasteiger partial charge in [-0.3, -0.25) is 9.78 Å².